The van der Waals surface area contributed by atoms with E-state index in [1.807, 2.05) is 0 Å². The van der Waals surface area contributed by atoms with Gasteiger partial charge in [-0.25, -0.2) is 0 Å². The maximum atomic E-state index is 12.9. The summed E-state index contributed by atoms with van der Waals surface area (Å²) in [5.41, 5.74) is -0.394. The lowest BCUT2D eigenvalue weighted by atomic mass is 10.3. The molecular weight excluding hydrogens is 291 g/mol. The summed E-state index contributed by atoms with van der Waals surface area (Å²) in [5.74, 6) is -2.94. The Morgan fingerprint density at radius 1 is 1.46 bits per heavy atom. The molecule has 0 saturated carbocycles. The number of hydrogen-bond acceptors (Lipinski definition) is 2. The second-order valence-corrected chi connectivity index (χ2v) is 2.97. The molecule has 0 N–H and O–H groups in total. The molecule has 6 heteroatoms. The smallest absolute Gasteiger partial charge is 0.302 e. The maximum absolute atomic E-state index is 12.9. The van der Waals surface area contributed by atoms with Gasteiger partial charge >= 0.3 is 5.92 Å². The number of nitrogens with zero attached hydrogens (tertiary/aromatic N) is 3. The van der Waals surface area contributed by atoms with E-state index in [4.69, 9.17) is 6.57 Å². The molecule has 0 bridgehead atoms. The Kier molecular flexibility index (Phi) is 3.08. The summed E-state index contributed by atoms with van der Waals surface area (Å²) in [7, 11) is 0. The lowest BCUT2D eigenvalue weighted by Crippen LogP contribution is -2.16. The summed E-state index contributed by atoms with van der Waals surface area (Å²) in [5, 5.41) is 0. The van der Waals surface area contributed by atoms with Gasteiger partial charge in [0.05, 0.1) is 10.6 Å². The van der Waals surface area contributed by atoms with Gasteiger partial charge in [0, 0.05) is 0 Å². The predicted molar refractivity (Wildman–Crippen MR) is 51.1 cm³/mol. The van der Waals surface area contributed by atoms with Crippen LogP contribution in [0.5, 0.6) is 0 Å². The van der Waals surface area contributed by atoms with Gasteiger partial charge in [-0.2, -0.15) is 8.78 Å². The van der Waals surface area contributed by atoms with Crippen molar-refractivity contribution in [3.05, 3.63) is 29.5 Å². The molecule has 0 spiro atoms. The lowest BCUT2D eigenvalue weighted by Gasteiger charge is -2.09. The molecule has 0 radical (unpaired) electrons. The third-order valence-electron chi connectivity index (χ3n) is 1.30. The van der Waals surface area contributed by atoms with Crippen molar-refractivity contribution in [3.63, 3.8) is 0 Å². The third-order valence-corrected chi connectivity index (χ3v) is 2.25. The van der Waals surface area contributed by atoms with Crippen LogP contribution in [0, 0.1) is 6.57 Å². The molecule has 3 nitrogen and oxygen atoms in total. The minimum atomic E-state index is -2.96. The van der Waals surface area contributed by atoms with Crippen LogP contribution in [-0.4, -0.2) is 14.4 Å². The van der Waals surface area contributed by atoms with Crippen molar-refractivity contribution in [3.8, 4) is 0 Å². The zero-order chi connectivity index (χ0) is 9.90. The van der Waals surface area contributed by atoms with Gasteiger partial charge in [0.25, 0.3) is 5.82 Å². The quantitative estimate of drug-likeness (QED) is 0.477. The standard InChI is InChI=1S/C7H4F2IN3/c1-11-6-3-12-5(2-13-6)7(8,9)4-10/h2-3H,4H2. The first-order valence-corrected chi connectivity index (χ1v) is 4.76. The number of rotatable bonds is 2. The van der Waals surface area contributed by atoms with E-state index in [1.54, 1.807) is 22.6 Å². The summed E-state index contributed by atoms with van der Waals surface area (Å²) in [6.07, 6.45) is 1.98. The summed E-state index contributed by atoms with van der Waals surface area (Å²) in [6.45, 7) is 6.55. The molecule has 0 atom stereocenters. The van der Waals surface area contributed by atoms with Crippen molar-refractivity contribution in [2.75, 3.05) is 4.43 Å². The van der Waals surface area contributed by atoms with Crippen LogP contribution < -0.4 is 0 Å². The van der Waals surface area contributed by atoms with Gasteiger partial charge in [-0.1, -0.05) is 29.2 Å². The third kappa shape index (κ3) is 2.30. The Bertz CT molecular complexity index is 331. The Morgan fingerprint density at radius 3 is 2.54 bits per heavy atom. The van der Waals surface area contributed by atoms with Crippen LogP contribution in [0.2, 0.25) is 0 Å². The first-order chi connectivity index (χ1) is 6.10. The molecule has 0 unspecified atom stereocenters. The fraction of sp³-hybridized carbons (Fsp3) is 0.286. The van der Waals surface area contributed by atoms with Crippen LogP contribution in [0.3, 0.4) is 0 Å². The summed E-state index contributed by atoms with van der Waals surface area (Å²) in [6, 6.07) is 0. The van der Waals surface area contributed by atoms with Crippen LogP contribution in [0.25, 0.3) is 4.85 Å². The van der Waals surface area contributed by atoms with E-state index in [0.29, 0.717) is 0 Å². The summed E-state index contributed by atoms with van der Waals surface area (Å²) >= 11 is 1.57. The van der Waals surface area contributed by atoms with Crippen molar-refractivity contribution < 1.29 is 8.78 Å². The Morgan fingerprint density at radius 2 is 2.15 bits per heavy atom. The minimum absolute atomic E-state index is 0.0213. The predicted octanol–water partition coefficient (Wildman–Crippen LogP) is 2.55. The van der Waals surface area contributed by atoms with Crippen molar-refractivity contribution in [2.45, 2.75) is 5.92 Å². The second kappa shape index (κ2) is 3.91. The van der Waals surface area contributed by atoms with E-state index in [-0.39, 0.29) is 10.2 Å². The zero-order valence-corrected chi connectivity index (χ0v) is 8.49. The summed E-state index contributed by atoms with van der Waals surface area (Å²) in [4.78, 5) is 9.92. The zero-order valence-electron chi connectivity index (χ0n) is 6.34. The van der Waals surface area contributed by atoms with E-state index in [0.717, 1.165) is 12.4 Å². The largest absolute Gasteiger partial charge is 0.359 e. The van der Waals surface area contributed by atoms with Crippen molar-refractivity contribution in [2.24, 2.45) is 0 Å². The molecule has 0 fully saturated rings. The molecule has 1 heterocycles. The first-order valence-electron chi connectivity index (χ1n) is 3.24. The minimum Gasteiger partial charge on any atom is -0.359 e. The highest BCUT2D eigenvalue weighted by Gasteiger charge is 2.32. The van der Waals surface area contributed by atoms with Gasteiger partial charge in [-0.15, -0.1) is 4.98 Å². The Balaban J connectivity index is 3.00. The van der Waals surface area contributed by atoms with Gasteiger partial charge in [0.2, 0.25) is 0 Å². The SMILES string of the molecule is [C-]#[N+]c1cnc(C(F)(F)CI)cn1. The Hall–Kier alpha value is -0.840. The van der Waals surface area contributed by atoms with Gasteiger partial charge in [-0.3, -0.25) is 4.98 Å². The van der Waals surface area contributed by atoms with Crippen molar-refractivity contribution >= 4 is 28.4 Å². The number of halogens is 3. The van der Waals surface area contributed by atoms with Gasteiger partial charge in [-0.05, 0) is 0 Å². The molecule has 1 aromatic rings. The molecular formula is C7H4F2IN3. The molecule has 0 amide bonds. The maximum Gasteiger partial charge on any atom is 0.302 e. The highest BCUT2D eigenvalue weighted by atomic mass is 127. The van der Waals surface area contributed by atoms with Crippen molar-refractivity contribution in [1.82, 2.24) is 9.97 Å². The molecule has 0 saturated heterocycles. The highest BCUT2D eigenvalue weighted by molar-refractivity contribution is 14.1. The number of hydrogen-bond donors (Lipinski definition) is 0. The lowest BCUT2D eigenvalue weighted by molar-refractivity contribution is 0.0214. The van der Waals surface area contributed by atoms with E-state index < -0.39 is 11.6 Å². The fourth-order valence-electron chi connectivity index (χ4n) is 0.636. The normalized spacial score (nSPS) is 10.9. The fourth-order valence-corrected chi connectivity index (χ4v) is 1.03. The molecule has 1 aromatic heterocycles. The first kappa shape index (κ1) is 10.2. The topological polar surface area (TPSA) is 30.1 Å². The van der Waals surface area contributed by atoms with Crippen LogP contribution >= 0.6 is 22.6 Å². The molecule has 0 aromatic carbocycles. The molecule has 0 aliphatic rings. The van der Waals surface area contributed by atoms with E-state index in [9.17, 15) is 8.78 Å². The van der Waals surface area contributed by atoms with E-state index in [2.05, 4.69) is 14.8 Å². The summed E-state index contributed by atoms with van der Waals surface area (Å²) < 4.78 is 25.5. The van der Waals surface area contributed by atoms with Crippen LogP contribution in [0.15, 0.2) is 12.4 Å². The van der Waals surface area contributed by atoms with Crippen LogP contribution in [0.4, 0.5) is 14.6 Å². The van der Waals surface area contributed by atoms with Crippen LogP contribution in [0.1, 0.15) is 5.69 Å². The van der Waals surface area contributed by atoms with Crippen LogP contribution in [-0.2, 0) is 5.92 Å². The van der Waals surface area contributed by atoms with Gasteiger partial charge in [0.15, 0.2) is 5.69 Å². The molecule has 1 rings (SSSR count). The average molecular weight is 295 g/mol. The van der Waals surface area contributed by atoms with Crippen molar-refractivity contribution in [1.29, 1.82) is 0 Å². The number of alkyl halides is 3. The Labute approximate surface area is 87.2 Å². The molecule has 68 valence electrons. The van der Waals surface area contributed by atoms with Gasteiger partial charge < -0.3 is 4.85 Å². The number of aromatic nitrogens is 2. The molecule has 0 aliphatic heterocycles. The van der Waals surface area contributed by atoms with Gasteiger partial charge in [0.1, 0.15) is 6.20 Å². The molecule has 13 heavy (non-hydrogen) atoms. The average Bonchev–Trinajstić information content (AvgIpc) is 2.18. The molecule has 0 aliphatic carbocycles. The van der Waals surface area contributed by atoms with E-state index >= 15 is 0 Å². The van der Waals surface area contributed by atoms with E-state index in [1.165, 1.54) is 0 Å². The second-order valence-electron chi connectivity index (χ2n) is 2.21. The highest BCUT2D eigenvalue weighted by Crippen LogP contribution is 2.28. The monoisotopic (exact) mass is 295 g/mol.